The van der Waals surface area contributed by atoms with Crippen LogP contribution in [-0.2, 0) is 10.2 Å². The summed E-state index contributed by atoms with van der Waals surface area (Å²) in [7, 11) is 1.71. The highest BCUT2D eigenvalue weighted by molar-refractivity contribution is 5.51. The molecular formula is C17H25NO3. The van der Waals surface area contributed by atoms with Crippen LogP contribution >= 0.6 is 0 Å². The quantitative estimate of drug-likeness (QED) is 0.906. The van der Waals surface area contributed by atoms with Gasteiger partial charge in [0, 0.05) is 24.1 Å². The zero-order valence-electron chi connectivity index (χ0n) is 12.8. The molecule has 1 aromatic rings. The van der Waals surface area contributed by atoms with E-state index < -0.39 is 0 Å². The van der Waals surface area contributed by atoms with Crippen molar-refractivity contribution in [3.8, 4) is 11.5 Å². The fourth-order valence-corrected chi connectivity index (χ4v) is 3.41. The van der Waals surface area contributed by atoms with E-state index in [2.05, 4.69) is 6.07 Å². The van der Waals surface area contributed by atoms with Crippen molar-refractivity contribution < 1.29 is 14.2 Å². The van der Waals surface area contributed by atoms with E-state index in [1.165, 1.54) is 12.0 Å². The van der Waals surface area contributed by atoms with Crippen LogP contribution in [0, 0.1) is 0 Å². The summed E-state index contributed by atoms with van der Waals surface area (Å²) < 4.78 is 17.3. The molecule has 2 aliphatic rings. The predicted octanol–water partition coefficient (Wildman–Crippen LogP) is 2.63. The van der Waals surface area contributed by atoms with E-state index in [4.69, 9.17) is 19.9 Å². The van der Waals surface area contributed by atoms with Gasteiger partial charge in [-0.3, -0.25) is 0 Å². The van der Waals surface area contributed by atoms with Crippen LogP contribution in [0.2, 0.25) is 0 Å². The number of para-hydroxylation sites is 1. The number of ether oxygens (including phenoxy) is 3. The first kappa shape index (κ1) is 14.7. The molecule has 0 spiro atoms. The highest BCUT2D eigenvalue weighted by Crippen LogP contribution is 2.49. The van der Waals surface area contributed by atoms with Crippen molar-refractivity contribution in [2.75, 3.05) is 26.9 Å². The molecule has 1 saturated carbocycles. The average Bonchev–Trinajstić information content (AvgIpc) is 2.48. The largest absolute Gasteiger partial charge is 0.493 e. The van der Waals surface area contributed by atoms with E-state index in [0.717, 1.165) is 43.8 Å². The Balaban J connectivity index is 1.86. The van der Waals surface area contributed by atoms with Gasteiger partial charge in [-0.1, -0.05) is 18.6 Å². The SMILES string of the molecule is COc1c(OC2CCCOC2)cccc1C1(CN)CCC1. The lowest BCUT2D eigenvalue weighted by molar-refractivity contribution is 0.00627. The second-order valence-corrected chi connectivity index (χ2v) is 6.13. The summed E-state index contributed by atoms with van der Waals surface area (Å²) in [4.78, 5) is 0. The second kappa shape index (κ2) is 6.24. The zero-order valence-corrected chi connectivity index (χ0v) is 12.8. The standard InChI is InChI=1S/C17H25NO3/c1-19-16-14(17(12-18)8-4-9-17)6-2-7-15(16)21-13-5-3-10-20-11-13/h2,6-7,13H,3-5,8-12,18H2,1H3. The Morgan fingerprint density at radius 1 is 1.33 bits per heavy atom. The average molecular weight is 291 g/mol. The first-order valence-corrected chi connectivity index (χ1v) is 7.91. The first-order chi connectivity index (χ1) is 10.3. The van der Waals surface area contributed by atoms with Gasteiger partial charge in [-0.05, 0) is 31.7 Å². The second-order valence-electron chi connectivity index (χ2n) is 6.13. The number of benzene rings is 1. The van der Waals surface area contributed by atoms with Gasteiger partial charge in [0.2, 0.25) is 0 Å². The molecule has 1 heterocycles. The molecule has 1 aromatic carbocycles. The third-order valence-corrected chi connectivity index (χ3v) is 4.87. The number of rotatable bonds is 5. The molecule has 1 aliphatic carbocycles. The van der Waals surface area contributed by atoms with E-state index in [-0.39, 0.29) is 11.5 Å². The van der Waals surface area contributed by atoms with E-state index in [1.54, 1.807) is 7.11 Å². The van der Waals surface area contributed by atoms with Crippen LogP contribution in [0.5, 0.6) is 11.5 Å². The Bertz CT molecular complexity index is 473. The lowest BCUT2D eigenvalue weighted by Crippen LogP contribution is -2.41. The van der Waals surface area contributed by atoms with Crippen molar-refractivity contribution in [2.24, 2.45) is 5.73 Å². The molecule has 0 aromatic heterocycles. The summed E-state index contributed by atoms with van der Waals surface area (Å²) in [5.41, 5.74) is 7.32. The molecule has 4 nitrogen and oxygen atoms in total. The van der Waals surface area contributed by atoms with Crippen LogP contribution in [-0.4, -0.2) is 33.0 Å². The topological polar surface area (TPSA) is 53.7 Å². The van der Waals surface area contributed by atoms with Gasteiger partial charge in [0.15, 0.2) is 11.5 Å². The lowest BCUT2D eigenvalue weighted by Gasteiger charge is -2.42. The van der Waals surface area contributed by atoms with Gasteiger partial charge in [0.05, 0.1) is 13.7 Å². The van der Waals surface area contributed by atoms with Gasteiger partial charge in [0.25, 0.3) is 0 Å². The fraction of sp³-hybridized carbons (Fsp3) is 0.647. The van der Waals surface area contributed by atoms with Crippen LogP contribution in [0.4, 0.5) is 0 Å². The summed E-state index contributed by atoms with van der Waals surface area (Å²) >= 11 is 0. The lowest BCUT2D eigenvalue weighted by atomic mass is 9.64. The fourth-order valence-electron chi connectivity index (χ4n) is 3.41. The van der Waals surface area contributed by atoms with Crippen molar-refractivity contribution in [3.05, 3.63) is 23.8 Å². The molecule has 3 rings (SSSR count). The van der Waals surface area contributed by atoms with Crippen molar-refractivity contribution in [3.63, 3.8) is 0 Å². The molecular weight excluding hydrogens is 266 g/mol. The maximum Gasteiger partial charge on any atom is 0.164 e. The summed E-state index contributed by atoms with van der Waals surface area (Å²) in [6.07, 6.45) is 5.72. The van der Waals surface area contributed by atoms with E-state index in [0.29, 0.717) is 13.2 Å². The van der Waals surface area contributed by atoms with Gasteiger partial charge in [-0.15, -0.1) is 0 Å². The van der Waals surface area contributed by atoms with Crippen LogP contribution in [0.25, 0.3) is 0 Å². The summed E-state index contributed by atoms with van der Waals surface area (Å²) in [6, 6.07) is 6.17. The smallest absolute Gasteiger partial charge is 0.164 e. The number of hydrogen-bond donors (Lipinski definition) is 1. The minimum Gasteiger partial charge on any atom is -0.493 e. The number of hydrogen-bond acceptors (Lipinski definition) is 4. The molecule has 21 heavy (non-hydrogen) atoms. The molecule has 116 valence electrons. The Hall–Kier alpha value is -1.26. The van der Waals surface area contributed by atoms with Gasteiger partial charge in [-0.25, -0.2) is 0 Å². The Labute approximate surface area is 126 Å². The van der Waals surface area contributed by atoms with Crippen LogP contribution in [0.1, 0.15) is 37.7 Å². The molecule has 4 heteroatoms. The van der Waals surface area contributed by atoms with E-state index in [1.807, 2.05) is 12.1 Å². The Morgan fingerprint density at radius 3 is 2.76 bits per heavy atom. The maximum absolute atomic E-state index is 6.14. The first-order valence-electron chi connectivity index (χ1n) is 7.91. The minimum absolute atomic E-state index is 0.0772. The minimum atomic E-state index is 0.0772. The van der Waals surface area contributed by atoms with Crippen LogP contribution in [0.15, 0.2) is 18.2 Å². The third-order valence-electron chi connectivity index (χ3n) is 4.87. The van der Waals surface area contributed by atoms with Crippen molar-refractivity contribution >= 4 is 0 Å². The molecule has 1 saturated heterocycles. The molecule has 0 radical (unpaired) electrons. The number of nitrogens with two attached hydrogens (primary N) is 1. The third kappa shape index (κ3) is 2.74. The van der Waals surface area contributed by atoms with Gasteiger partial charge in [-0.2, -0.15) is 0 Å². The van der Waals surface area contributed by atoms with Crippen molar-refractivity contribution in [1.29, 1.82) is 0 Å². The zero-order chi connectivity index (χ0) is 14.7. The van der Waals surface area contributed by atoms with Crippen LogP contribution < -0.4 is 15.2 Å². The molecule has 0 amide bonds. The summed E-state index contributed by atoms with van der Waals surface area (Å²) in [6.45, 7) is 2.17. The normalized spacial score (nSPS) is 24.2. The molecule has 2 fully saturated rings. The van der Waals surface area contributed by atoms with Gasteiger partial charge >= 0.3 is 0 Å². The molecule has 1 atom stereocenters. The van der Waals surface area contributed by atoms with Gasteiger partial charge < -0.3 is 19.9 Å². The summed E-state index contributed by atoms with van der Waals surface area (Å²) in [5.74, 6) is 1.68. The molecule has 2 N–H and O–H groups in total. The molecule has 1 unspecified atom stereocenters. The Kier molecular flexibility index (Phi) is 4.36. The summed E-state index contributed by atoms with van der Waals surface area (Å²) in [5, 5.41) is 0. The maximum atomic E-state index is 6.14. The van der Waals surface area contributed by atoms with Crippen LogP contribution in [0.3, 0.4) is 0 Å². The predicted molar refractivity (Wildman–Crippen MR) is 82.0 cm³/mol. The van der Waals surface area contributed by atoms with Gasteiger partial charge in [0.1, 0.15) is 6.10 Å². The highest BCUT2D eigenvalue weighted by atomic mass is 16.5. The van der Waals surface area contributed by atoms with E-state index >= 15 is 0 Å². The van der Waals surface area contributed by atoms with Crippen molar-refractivity contribution in [2.45, 2.75) is 43.6 Å². The van der Waals surface area contributed by atoms with Crippen molar-refractivity contribution in [1.82, 2.24) is 0 Å². The Morgan fingerprint density at radius 2 is 2.19 bits per heavy atom. The number of methoxy groups -OCH3 is 1. The van der Waals surface area contributed by atoms with E-state index in [9.17, 15) is 0 Å². The molecule has 0 bridgehead atoms. The highest BCUT2D eigenvalue weighted by Gasteiger charge is 2.40. The molecule has 1 aliphatic heterocycles. The monoisotopic (exact) mass is 291 g/mol.